The average molecular weight is 175 g/mol. The second kappa shape index (κ2) is 3.70. The Bertz CT molecular complexity index is 151. The molecule has 2 N–H and O–H groups in total. The highest BCUT2D eigenvalue weighted by molar-refractivity contribution is 4.84. The molecule has 1 heterocycles. The molecule has 1 aliphatic heterocycles. The third kappa shape index (κ3) is 1.95. The van der Waals surface area contributed by atoms with E-state index in [0.29, 0.717) is 0 Å². The topological polar surface area (TPSA) is 52.9 Å². The van der Waals surface area contributed by atoms with E-state index in [4.69, 9.17) is 4.74 Å². The van der Waals surface area contributed by atoms with Crippen LogP contribution in [0.2, 0.25) is 0 Å². The molecule has 0 aromatic heterocycles. The van der Waals surface area contributed by atoms with Gasteiger partial charge in [0.05, 0.1) is 6.10 Å². The van der Waals surface area contributed by atoms with Crippen molar-refractivity contribution in [1.82, 2.24) is 4.90 Å². The molecular formula is C8H17NO3. The fraction of sp³-hybridized carbons (Fsp3) is 1.00. The van der Waals surface area contributed by atoms with Crippen LogP contribution in [0.3, 0.4) is 0 Å². The lowest BCUT2D eigenvalue weighted by molar-refractivity contribution is -0.230. The van der Waals surface area contributed by atoms with Gasteiger partial charge in [0.2, 0.25) is 0 Å². The summed E-state index contributed by atoms with van der Waals surface area (Å²) < 4.78 is 5.06. The molecule has 2 unspecified atom stereocenters. The molecule has 1 fully saturated rings. The smallest absolute Gasteiger partial charge is 0.182 e. The van der Waals surface area contributed by atoms with Gasteiger partial charge in [0.25, 0.3) is 0 Å². The quantitative estimate of drug-likeness (QED) is 0.559. The van der Waals surface area contributed by atoms with Gasteiger partial charge in [0.1, 0.15) is 6.10 Å². The molecule has 1 aliphatic rings. The maximum absolute atomic E-state index is 9.51. The molecule has 0 spiro atoms. The second-order valence-electron chi connectivity index (χ2n) is 3.59. The molecular weight excluding hydrogens is 158 g/mol. The molecule has 12 heavy (non-hydrogen) atoms. The summed E-state index contributed by atoms with van der Waals surface area (Å²) in [5.41, 5.74) is 0. The van der Waals surface area contributed by atoms with Crippen LogP contribution in [0, 0.1) is 0 Å². The summed E-state index contributed by atoms with van der Waals surface area (Å²) in [7, 11) is 3.78. The summed E-state index contributed by atoms with van der Waals surface area (Å²) in [6.07, 6.45) is -1.07. The van der Waals surface area contributed by atoms with Gasteiger partial charge in [0.15, 0.2) is 6.29 Å². The maximum Gasteiger partial charge on any atom is 0.182 e. The predicted octanol–water partition coefficient (Wildman–Crippen LogP) is -0.595. The number of aliphatic hydroxyl groups excluding tert-OH is 2. The Morgan fingerprint density at radius 2 is 1.92 bits per heavy atom. The highest BCUT2D eigenvalue weighted by atomic mass is 16.6. The Morgan fingerprint density at radius 3 is 2.42 bits per heavy atom. The first-order valence-corrected chi connectivity index (χ1v) is 4.20. The predicted molar refractivity (Wildman–Crippen MR) is 44.7 cm³/mol. The molecule has 0 bridgehead atoms. The van der Waals surface area contributed by atoms with Crippen LogP contribution in [0.25, 0.3) is 0 Å². The van der Waals surface area contributed by atoms with Gasteiger partial charge in [-0.15, -0.1) is 0 Å². The zero-order chi connectivity index (χ0) is 9.30. The van der Waals surface area contributed by atoms with E-state index in [1.807, 2.05) is 25.9 Å². The molecule has 0 aliphatic carbocycles. The van der Waals surface area contributed by atoms with Crippen molar-refractivity contribution in [3.05, 3.63) is 0 Å². The van der Waals surface area contributed by atoms with Crippen molar-refractivity contribution < 1.29 is 14.9 Å². The zero-order valence-electron chi connectivity index (χ0n) is 7.77. The number of rotatable bonds is 1. The van der Waals surface area contributed by atoms with Crippen molar-refractivity contribution in [2.45, 2.75) is 37.9 Å². The molecule has 0 radical (unpaired) electrons. The highest BCUT2D eigenvalue weighted by Gasteiger charge is 2.35. The van der Waals surface area contributed by atoms with Crippen LogP contribution in [0.5, 0.6) is 0 Å². The van der Waals surface area contributed by atoms with E-state index in [0.717, 1.165) is 6.42 Å². The van der Waals surface area contributed by atoms with Crippen LogP contribution in [0.15, 0.2) is 0 Å². The van der Waals surface area contributed by atoms with Gasteiger partial charge < -0.3 is 19.8 Å². The molecule has 72 valence electrons. The molecule has 0 amide bonds. The number of nitrogens with zero attached hydrogens (tertiary/aromatic N) is 1. The monoisotopic (exact) mass is 175 g/mol. The first-order chi connectivity index (χ1) is 5.52. The van der Waals surface area contributed by atoms with Crippen LogP contribution in [0.1, 0.15) is 13.3 Å². The van der Waals surface area contributed by atoms with E-state index in [1.54, 1.807) is 0 Å². The summed E-state index contributed by atoms with van der Waals surface area (Å²) in [5.74, 6) is 0. The SMILES string of the molecule is C[C@@H]1CC(N(C)C)[C@@H](O)C(O)O1. The van der Waals surface area contributed by atoms with Gasteiger partial charge >= 0.3 is 0 Å². The molecule has 1 rings (SSSR count). The van der Waals surface area contributed by atoms with Gasteiger partial charge in [0, 0.05) is 6.04 Å². The van der Waals surface area contributed by atoms with Crippen LogP contribution < -0.4 is 0 Å². The number of hydrogen-bond acceptors (Lipinski definition) is 4. The van der Waals surface area contributed by atoms with E-state index >= 15 is 0 Å². The lowest BCUT2D eigenvalue weighted by Gasteiger charge is -2.38. The standard InChI is InChI=1S/C8H17NO3/c1-5-4-6(9(2)3)7(10)8(11)12-5/h5-8,10-11H,4H2,1-3H3/t5-,6?,7-,8?/m1/s1. The number of likely N-dealkylation sites (N-methyl/N-ethyl adjacent to an activating group) is 1. The van der Waals surface area contributed by atoms with Crippen molar-refractivity contribution in [3.8, 4) is 0 Å². The summed E-state index contributed by atoms with van der Waals surface area (Å²) in [4.78, 5) is 1.91. The van der Waals surface area contributed by atoms with E-state index < -0.39 is 12.4 Å². The van der Waals surface area contributed by atoms with Crippen molar-refractivity contribution in [2.24, 2.45) is 0 Å². The second-order valence-corrected chi connectivity index (χ2v) is 3.59. The fourth-order valence-electron chi connectivity index (χ4n) is 1.56. The Labute approximate surface area is 72.7 Å². The van der Waals surface area contributed by atoms with Crippen molar-refractivity contribution >= 4 is 0 Å². The Balaban J connectivity index is 2.60. The minimum atomic E-state index is -1.04. The highest BCUT2D eigenvalue weighted by Crippen LogP contribution is 2.21. The zero-order valence-corrected chi connectivity index (χ0v) is 7.77. The molecule has 0 aromatic rings. The summed E-state index contributed by atoms with van der Waals surface area (Å²) >= 11 is 0. The molecule has 0 saturated carbocycles. The lowest BCUT2D eigenvalue weighted by atomic mass is 9.99. The van der Waals surface area contributed by atoms with Gasteiger partial charge in [-0.2, -0.15) is 0 Å². The average Bonchev–Trinajstić information content (AvgIpc) is 1.96. The van der Waals surface area contributed by atoms with Gasteiger partial charge in [-0.1, -0.05) is 0 Å². The molecule has 4 heteroatoms. The molecule has 4 nitrogen and oxygen atoms in total. The van der Waals surface area contributed by atoms with Crippen LogP contribution in [-0.4, -0.2) is 53.7 Å². The Hall–Kier alpha value is -0.160. The normalized spacial score (nSPS) is 43.5. The summed E-state index contributed by atoms with van der Waals surface area (Å²) in [6.45, 7) is 1.89. The third-order valence-electron chi connectivity index (χ3n) is 2.29. The summed E-state index contributed by atoms with van der Waals surface area (Å²) in [6, 6.07) is -0.0104. The fourth-order valence-corrected chi connectivity index (χ4v) is 1.56. The number of ether oxygens (including phenoxy) is 1. The van der Waals surface area contributed by atoms with Crippen LogP contribution in [0.4, 0.5) is 0 Å². The summed E-state index contributed by atoms with van der Waals surface area (Å²) in [5, 5.41) is 18.8. The number of hydrogen-bond donors (Lipinski definition) is 2. The maximum atomic E-state index is 9.51. The molecule has 0 aromatic carbocycles. The van der Waals surface area contributed by atoms with Crippen molar-refractivity contribution in [3.63, 3.8) is 0 Å². The van der Waals surface area contributed by atoms with E-state index in [-0.39, 0.29) is 12.1 Å². The van der Waals surface area contributed by atoms with Crippen molar-refractivity contribution in [1.29, 1.82) is 0 Å². The van der Waals surface area contributed by atoms with Crippen LogP contribution in [-0.2, 0) is 4.74 Å². The van der Waals surface area contributed by atoms with Gasteiger partial charge in [-0.3, -0.25) is 0 Å². The molecule has 1 saturated heterocycles. The Kier molecular flexibility index (Phi) is 3.06. The minimum Gasteiger partial charge on any atom is -0.386 e. The largest absolute Gasteiger partial charge is 0.386 e. The third-order valence-corrected chi connectivity index (χ3v) is 2.29. The minimum absolute atomic E-state index is 0.01000. The van der Waals surface area contributed by atoms with E-state index in [2.05, 4.69) is 0 Å². The molecule has 4 atom stereocenters. The number of aliphatic hydroxyl groups is 2. The first kappa shape index (κ1) is 9.92. The van der Waals surface area contributed by atoms with Crippen molar-refractivity contribution in [2.75, 3.05) is 14.1 Å². The van der Waals surface area contributed by atoms with Crippen LogP contribution >= 0.6 is 0 Å². The Morgan fingerprint density at radius 1 is 1.33 bits per heavy atom. The van der Waals surface area contributed by atoms with Gasteiger partial charge in [-0.05, 0) is 27.4 Å². The van der Waals surface area contributed by atoms with E-state index in [1.165, 1.54) is 0 Å². The van der Waals surface area contributed by atoms with E-state index in [9.17, 15) is 10.2 Å². The van der Waals surface area contributed by atoms with Gasteiger partial charge in [-0.25, -0.2) is 0 Å². The lowest BCUT2D eigenvalue weighted by Crippen LogP contribution is -2.53. The first-order valence-electron chi connectivity index (χ1n) is 4.20.